The van der Waals surface area contributed by atoms with E-state index >= 15 is 0 Å². The molecule has 2 N–H and O–H groups in total. The first kappa shape index (κ1) is 14.2. The molecule has 4 rings (SSSR count). The summed E-state index contributed by atoms with van der Waals surface area (Å²) in [4.78, 5) is 2.19. The number of nitrogens with two attached hydrogens (primary N) is 1. The molecule has 3 fully saturated rings. The largest absolute Gasteiger partial charge is 0.322 e. The molecule has 116 valence electrons. The summed E-state index contributed by atoms with van der Waals surface area (Å²) in [5.74, 6) is 4.51. The number of nitrogens with zero attached hydrogens (tertiary/aromatic N) is 3. The van der Waals surface area contributed by atoms with Crippen molar-refractivity contribution >= 4 is 15.9 Å². The standard InChI is InChI=1S/C16H25BrN4/c1-20(2)5-6-21-16(11(17)8-19-21)15(18)14-12-9-3-4-10(7-9)13(12)14/h8-10,12-15H,3-7,18H2,1-2H3. The number of halogens is 1. The SMILES string of the molecule is CN(C)CCn1ncc(Br)c1C(N)C1C2C3CCC(C3)C21. The molecular weight excluding hydrogens is 328 g/mol. The van der Waals surface area contributed by atoms with Gasteiger partial charge in [-0.25, -0.2) is 0 Å². The number of hydrogen-bond acceptors (Lipinski definition) is 3. The molecule has 0 saturated heterocycles. The quantitative estimate of drug-likeness (QED) is 0.885. The second kappa shape index (κ2) is 5.07. The molecule has 0 radical (unpaired) electrons. The van der Waals surface area contributed by atoms with Crippen LogP contribution in [0.5, 0.6) is 0 Å². The van der Waals surface area contributed by atoms with Crippen molar-refractivity contribution in [3.05, 3.63) is 16.4 Å². The van der Waals surface area contributed by atoms with Crippen molar-refractivity contribution in [2.75, 3.05) is 20.6 Å². The van der Waals surface area contributed by atoms with Gasteiger partial charge < -0.3 is 10.6 Å². The van der Waals surface area contributed by atoms with Crippen molar-refractivity contribution in [3.63, 3.8) is 0 Å². The fourth-order valence-electron chi connectivity index (χ4n) is 5.23. The Balaban J connectivity index is 1.52. The molecule has 3 aliphatic rings. The highest BCUT2D eigenvalue weighted by Crippen LogP contribution is 2.71. The Morgan fingerprint density at radius 1 is 1.38 bits per heavy atom. The number of hydrogen-bond donors (Lipinski definition) is 1. The van der Waals surface area contributed by atoms with E-state index in [4.69, 9.17) is 5.73 Å². The van der Waals surface area contributed by atoms with Gasteiger partial charge in [0.2, 0.25) is 0 Å². The predicted molar refractivity (Wildman–Crippen MR) is 86.7 cm³/mol. The summed E-state index contributed by atoms with van der Waals surface area (Å²) in [6, 6.07) is 0.155. The van der Waals surface area contributed by atoms with E-state index in [1.165, 1.54) is 25.0 Å². The van der Waals surface area contributed by atoms with E-state index in [0.717, 1.165) is 41.2 Å². The average Bonchev–Trinajstić information content (AvgIpc) is 2.74. The minimum Gasteiger partial charge on any atom is -0.322 e. The van der Waals surface area contributed by atoms with Gasteiger partial charge >= 0.3 is 0 Å². The first-order valence-electron chi connectivity index (χ1n) is 8.19. The van der Waals surface area contributed by atoms with Crippen LogP contribution in [0.25, 0.3) is 0 Å². The summed E-state index contributed by atoms with van der Waals surface area (Å²) in [6.07, 6.45) is 6.31. The maximum absolute atomic E-state index is 6.69. The molecule has 1 aromatic heterocycles. The molecule has 1 aromatic rings. The summed E-state index contributed by atoms with van der Waals surface area (Å²) in [7, 11) is 4.20. The minimum atomic E-state index is 0.155. The molecule has 0 amide bonds. The van der Waals surface area contributed by atoms with E-state index in [0.29, 0.717) is 5.92 Å². The van der Waals surface area contributed by atoms with Crippen LogP contribution in [-0.4, -0.2) is 35.3 Å². The van der Waals surface area contributed by atoms with Crippen molar-refractivity contribution in [1.82, 2.24) is 14.7 Å². The fraction of sp³-hybridized carbons (Fsp3) is 0.812. The number of fused-ring (bicyclic) bond motifs is 5. The Kier molecular flexibility index (Phi) is 3.43. The number of likely N-dealkylation sites (N-methyl/N-ethyl adjacent to an activating group) is 1. The lowest BCUT2D eigenvalue weighted by molar-refractivity contribution is 0.355. The second-order valence-electron chi connectivity index (χ2n) is 7.50. The van der Waals surface area contributed by atoms with Gasteiger partial charge in [0.05, 0.1) is 29.0 Å². The Bertz CT molecular complexity index is 524. The highest BCUT2D eigenvalue weighted by molar-refractivity contribution is 9.10. The molecule has 5 heteroatoms. The highest BCUT2D eigenvalue weighted by atomic mass is 79.9. The molecule has 0 spiro atoms. The molecule has 5 unspecified atom stereocenters. The summed E-state index contributed by atoms with van der Waals surface area (Å²) in [5, 5.41) is 4.53. The maximum Gasteiger partial charge on any atom is 0.0697 e. The van der Waals surface area contributed by atoms with Crippen molar-refractivity contribution in [2.24, 2.45) is 35.3 Å². The Labute approximate surface area is 135 Å². The lowest BCUT2D eigenvalue weighted by Crippen LogP contribution is -2.25. The van der Waals surface area contributed by atoms with E-state index in [9.17, 15) is 0 Å². The summed E-state index contributed by atoms with van der Waals surface area (Å²) in [5.41, 5.74) is 7.91. The molecular formula is C16H25BrN4. The molecule has 2 bridgehead atoms. The van der Waals surface area contributed by atoms with Crippen LogP contribution < -0.4 is 5.73 Å². The summed E-state index contributed by atoms with van der Waals surface area (Å²) < 4.78 is 3.20. The van der Waals surface area contributed by atoms with Crippen molar-refractivity contribution in [3.8, 4) is 0 Å². The average molecular weight is 353 g/mol. The van der Waals surface area contributed by atoms with E-state index in [2.05, 4.69) is 44.7 Å². The normalized spacial score (nSPS) is 38.0. The first-order valence-corrected chi connectivity index (χ1v) is 8.98. The molecule has 4 nitrogen and oxygen atoms in total. The molecule has 3 saturated carbocycles. The molecule has 3 aliphatic carbocycles. The molecule has 0 aliphatic heterocycles. The zero-order valence-corrected chi connectivity index (χ0v) is 14.5. The van der Waals surface area contributed by atoms with Crippen LogP contribution in [0.3, 0.4) is 0 Å². The van der Waals surface area contributed by atoms with Gasteiger partial charge in [-0.05, 0) is 78.9 Å². The van der Waals surface area contributed by atoms with E-state index in [1.807, 2.05) is 6.20 Å². The molecule has 5 atom stereocenters. The van der Waals surface area contributed by atoms with Gasteiger partial charge in [-0.15, -0.1) is 0 Å². The molecule has 1 heterocycles. The third-order valence-corrected chi connectivity index (χ3v) is 6.73. The lowest BCUT2D eigenvalue weighted by Gasteiger charge is -2.19. The van der Waals surface area contributed by atoms with E-state index < -0.39 is 0 Å². The Morgan fingerprint density at radius 2 is 2.05 bits per heavy atom. The summed E-state index contributed by atoms with van der Waals surface area (Å²) >= 11 is 3.67. The van der Waals surface area contributed by atoms with Crippen LogP contribution in [0.1, 0.15) is 31.0 Å². The zero-order chi connectivity index (χ0) is 14.7. The van der Waals surface area contributed by atoms with E-state index in [-0.39, 0.29) is 6.04 Å². The third kappa shape index (κ3) is 2.20. The topological polar surface area (TPSA) is 47.1 Å². The number of aromatic nitrogens is 2. The number of rotatable bonds is 5. The highest BCUT2D eigenvalue weighted by Gasteiger charge is 2.66. The molecule has 21 heavy (non-hydrogen) atoms. The third-order valence-electron chi connectivity index (χ3n) is 6.12. The molecule has 0 aromatic carbocycles. The van der Waals surface area contributed by atoms with Crippen LogP contribution in [0.15, 0.2) is 10.7 Å². The van der Waals surface area contributed by atoms with Crippen LogP contribution >= 0.6 is 15.9 Å². The Morgan fingerprint density at radius 3 is 2.67 bits per heavy atom. The van der Waals surface area contributed by atoms with E-state index in [1.54, 1.807) is 0 Å². The van der Waals surface area contributed by atoms with Crippen molar-refractivity contribution in [1.29, 1.82) is 0 Å². The first-order chi connectivity index (χ1) is 10.1. The summed E-state index contributed by atoms with van der Waals surface area (Å²) in [6.45, 7) is 1.91. The Hall–Kier alpha value is -0.390. The van der Waals surface area contributed by atoms with Gasteiger partial charge in [0, 0.05) is 6.54 Å². The lowest BCUT2D eigenvalue weighted by atomic mass is 9.96. The van der Waals surface area contributed by atoms with Crippen LogP contribution in [0.2, 0.25) is 0 Å². The minimum absolute atomic E-state index is 0.155. The zero-order valence-electron chi connectivity index (χ0n) is 12.9. The van der Waals surface area contributed by atoms with Crippen LogP contribution in [0.4, 0.5) is 0 Å². The van der Waals surface area contributed by atoms with Gasteiger partial charge in [0.15, 0.2) is 0 Å². The van der Waals surface area contributed by atoms with Gasteiger partial charge in [0.1, 0.15) is 0 Å². The van der Waals surface area contributed by atoms with Crippen molar-refractivity contribution in [2.45, 2.75) is 31.8 Å². The van der Waals surface area contributed by atoms with Crippen molar-refractivity contribution < 1.29 is 0 Å². The fourth-order valence-corrected chi connectivity index (χ4v) is 5.79. The van der Waals surface area contributed by atoms with Crippen LogP contribution in [0, 0.1) is 29.6 Å². The predicted octanol–water partition coefficient (Wildman–Crippen LogP) is 2.50. The monoisotopic (exact) mass is 352 g/mol. The van der Waals surface area contributed by atoms with Gasteiger partial charge in [-0.3, -0.25) is 4.68 Å². The van der Waals surface area contributed by atoms with Gasteiger partial charge in [0.25, 0.3) is 0 Å². The maximum atomic E-state index is 6.69. The van der Waals surface area contributed by atoms with Gasteiger partial charge in [-0.1, -0.05) is 0 Å². The van der Waals surface area contributed by atoms with Gasteiger partial charge in [-0.2, -0.15) is 5.10 Å². The smallest absolute Gasteiger partial charge is 0.0697 e. The van der Waals surface area contributed by atoms with Crippen LogP contribution in [-0.2, 0) is 6.54 Å². The second-order valence-corrected chi connectivity index (χ2v) is 8.35.